The Morgan fingerprint density at radius 1 is 1.41 bits per heavy atom. The number of carbonyl (C=O) groups excluding carboxylic acids is 1. The highest BCUT2D eigenvalue weighted by molar-refractivity contribution is 5.79. The van der Waals surface area contributed by atoms with Crippen LogP contribution in [0.5, 0.6) is 5.75 Å². The normalized spacial score (nSPS) is 20.5. The molecule has 4 nitrogen and oxygen atoms in total. The zero-order valence-corrected chi connectivity index (χ0v) is 12.2. The van der Waals surface area contributed by atoms with Crippen LogP contribution in [0.15, 0.2) is 24.3 Å². The summed E-state index contributed by atoms with van der Waals surface area (Å²) in [5.74, 6) is -0.361. The molecule has 2 rings (SSSR count). The summed E-state index contributed by atoms with van der Waals surface area (Å²) in [5, 5.41) is 13.1. The maximum Gasteiger partial charge on any atom is 0.406 e. The van der Waals surface area contributed by atoms with E-state index in [0.29, 0.717) is 12.0 Å². The van der Waals surface area contributed by atoms with Crippen molar-refractivity contribution in [2.45, 2.75) is 38.0 Å². The van der Waals surface area contributed by atoms with Crippen LogP contribution < -0.4 is 5.32 Å². The second kappa shape index (κ2) is 6.56. The van der Waals surface area contributed by atoms with Crippen LogP contribution in [0, 0.1) is 0 Å². The number of amides is 1. The molecule has 2 N–H and O–H groups in total. The van der Waals surface area contributed by atoms with Crippen molar-refractivity contribution in [3.63, 3.8) is 0 Å². The van der Waals surface area contributed by atoms with E-state index in [1.165, 1.54) is 0 Å². The number of benzene rings is 1. The average Bonchev–Trinajstić information content (AvgIpc) is 2.75. The number of hydrogen-bond donors (Lipinski definition) is 2. The van der Waals surface area contributed by atoms with Crippen LogP contribution in [0.2, 0.25) is 0 Å². The van der Waals surface area contributed by atoms with Crippen molar-refractivity contribution >= 4 is 5.91 Å². The van der Waals surface area contributed by atoms with Gasteiger partial charge >= 0.3 is 6.18 Å². The Kier molecular flexibility index (Phi) is 4.95. The van der Waals surface area contributed by atoms with Crippen LogP contribution in [0.1, 0.15) is 31.4 Å². The molecule has 1 fully saturated rings. The molecule has 1 aromatic rings. The molecule has 1 amide bonds. The number of rotatable bonds is 5. The van der Waals surface area contributed by atoms with Gasteiger partial charge in [-0.15, -0.1) is 0 Å². The lowest BCUT2D eigenvalue weighted by Crippen LogP contribution is -2.38. The van der Waals surface area contributed by atoms with Gasteiger partial charge in [-0.3, -0.25) is 4.79 Å². The van der Waals surface area contributed by atoms with E-state index < -0.39 is 18.6 Å². The Balaban J connectivity index is 2.01. The minimum atomic E-state index is -4.38. The average molecular weight is 316 g/mol. The molecule has 0 aliphatic carbocycles. The summed E-state index contributed by atoms with van der Waals surface area (Å²) in [6, 6.07) is 6.27. The Morgan fingerprint density at radius 3 is 2.68 bits per heavy atom. The Bertz CT molecular complexity index is 534. The molecule has 1 aromatic carbocycles. The van der Waals surface area contributed by atoms with E-state index in [-0.39, 0.29) is 30.8 Å². The molecule has 0 aromatic heterocycles. The number of nitrogens with one attached hydrogen (secondary N) is 1. The Morgan fingerprint density at radius 2 is 2.09 bits per heavy atom. The highest BCUT2D eigenvalue weighted by atomic mass is 19.4. The van der Waals surface area contributed by atoms with Gasteiger partial charge in [0.2, 0.25) is 5.91 Å². The Hall–Kier alpha value is -1.76. The lowest BCUT2D eigenvalue weighted by molar-refractivity contribution is -0.157. The summed E-state index contributed by atoms with van der Waals surface area (Å²) in [5.41, 5.74) is 0.687. The minimum Gasteiger partial charge on any atom is -0.508 e. The topological polar surface area (TPSA) is 52.6 Å². The van der Waals surface area contributed by atoms with Crippen molar-refractivity contribution < 1.29 is 23.1 Å². The molecule has 0 saturated carbocycles. The second-order valence-electron chi connectivity index (χ2n) is 5.48. The molecule has 1 aliphatic rings. The zero-order chi connectivity index (χ0) is 16.3. The van der Waals surface area contributed by atoms with Gasteiger partial charge in [0.15, 0.2) is 0 Å². The van der Waals surface area contributed by atoms with Crippen LogP contribution in [0.3, 0.4) is 0 Å². The lowest BCUT2D eigenvalue weighted by Gasteiger charge is -2.23. The van der Waals surface area contributed by atoms with Gasteiger partial charge in [0.1, 0.15) is 12.3 Å². The number of para-hydroxylation sites is 1. The number of nitrogens with zero attached hydrogens (tertiary/aromatic N) is 1. The molecule has 122 valence electrons. The third-order valence-corrected chi connectivity index (χ3v) is 3.74. The number of carbonyl (C=O) groups is 1. The fraction of sp³-hybridized carbons (Fsp3) is 0.533. The summed E-state index contributed by atoms with van der Waals surface area (Å²) in [7, 11) is 0. The highest BCUT2D eigenvalue weighted by Crippen LogP contribution is 2.28. The molecule has 0 bridgehead atoms. The zero-order valence-electron chi connectivity index (χ0n) is 12.2. The molecule has 0 radical (unpaired) electrons. The first-order valence-corrected chi connectivity index (χ1v) is 7.18. The summed E-state index contributed by atoms with van der Waals surface area (Å²) in [4.78, 5) is 12.5. The van der Waals surface area contributed by atoms with E-state index in [0.717, 1.165) is 4.90 Å². The third-order valence-electron chi connectivity index (χ3n) is 3.74. The first kappa shape index (κ1) is 16.6. The lowest BCUT2D eigenvalue weighted by atomic mass is 10.0. The van der Waals surface area contributed by atoms with Gasteiger partial charge in [-0.25, -0.2) is 0 Å². The first-order chi connectivity index (χ1) is 10.3. The van der Waals surface area contributed by atoms with Gasteiger partial charge in [0.05, 0.1) is 0 Å². The first-order valence-electron chi connectivity index (χ1n) is 7.18. The van der Waals surface area contributed by atoms with Crippen molar-refractivity contribution in [1.82, 2.24) is 10.2 Å². The fourth-order valence-electron chi connectivity index (χ4n) is 2.75. The maximum absolute atomic E-state index is 12.4. The van der Waals surface area contributed by atoms with Crippen LogP contribution in [0.25, 0.3) is 0 Å². The molecule has 0 spiro atoms. The molecule has 2 atom stereocenters. The molecule has 0 unspecified atom stereocenters. The van der Waals surface area contributed by atoms with Crippen LogP contribution in [-0.2, 0) is 4.79 Å². The predicted molar refractivity (Wildman–Crippen MR) is 75.3 cm³/mol. The highest BCUT2D eigenvalue weighted by Gasteiger charge is 2.38. The van der Waals surface area contributed by atoms with E-state index in [4.69, 9.17) is 0 Å². The van der Waals surface area contributed by atoms with Crippen molar-refractivity contribution in [3.8, 4) is 5.75 Å². The van der Waals surface area contributed by atoms with Gasteiger partial charge < -0.3 is 15.3 Å². The summed E-state index contributed by atoms with van der Waals surface area (Å²) < 4.78 is 37.2. The number of likely N-dealkylation sites (tertiary alicyclic amines) is 1. The van der Waals surface area contributed by atoms with E-state index in [1.807, 2.05) is 6.92 Å². The summed E-state index contributed by atoms with van der Waals surface area (Å²) in [6.45, 7) is 0.730. The van der Waals surface area contributed by atoms with Gasteiger partial charge in [0.25, 0.3) is 0 Å². The second-order valence-corrected chi connectivity index (χ2v) is 5.48. The standard InChI is InChI=1S/C15H19F3N2O2/c1-2-12(11-5-3-4-6-13(11)21)19-10-7-14(22)20(8-10)9-15(16,17)18/h3-6,10,12,19,21H,2,7-9H2,1H3/t10-,12-/m0/s1. The maximum atomic E-state index is 12.4. The largest absolute Gasteiger partial charge is 0.508 e. The number of alkyl halides is 3. The number of hydrogen-bond acceptors (Lipinski definition) is 3. The molecule has 22 heavy (non-hydrogen) atoms. The third kappa shape index (κ3) is 4.13. The van der Waals surface area contributed by atoms with Crippen LogP contribution in [0.4, 0.5) is 13.2 Å². The summed E-state index contributed by atoms with van der Waals surface area (Å²) in [6.07, 6.45) is -3.69. The van der Waals surface area contributed by atoms with Crippen molar-refractivity contribution in [2.24, 2.45) is 0 Å². The Labute approximate surface area is 126 Å². The molecular formula is C15H19F3N2O2. The fourth-order valence-corrected chi connectivity index (χ4v) is 2.75. The molecule has 1 aliphatic heterocycles. The van der Waals surface area contributed by atoms with E-state index >= 15 is 0 Å². The SMILES string of the molecule is CC[C@H](N[C@H]1CC(=O)N(CC(F)(F)F)C1)c1ccccc1O. The minimum absolute atomic E-state index is 0.0302. The smallest absolute Gasteiger partial charge is 0.406 e. The van der Waals surface area contributed by atoms with Crippen LogP contribution in [-0.4, -0.2) is 41.2 Å². The number of halogens is 3. The van der Waals surface area contributed by atoms with Crippen LogP contribution >= 0.6 is 0 Å². The number of phenolic OH excluding ortho intramolecular Hbond substituents is 1. The van der Waals surface area contributed by atoms with Gasteiger partial charge in [0, 0.05) is 30.6 Å². The molecule has 1 heterocycles. The predicted octanol–water partition coefficient (Wildman–Crippen LogP) is 2.60. The molecule has 1 saturated heterocycles. The monoisotopic (exact) mass is 316 g/mol. The van der Waals surface area contributed by atoms with Gasteiger partial charge in [-0.2, -0.15) is 13.2 Å². The number of phenols is 1. The molecule has 7 heteroatoms. The quantitative estimate of drug-likeness (QED) is 0.878. The summed E-state index contributed by atoms with van der Waals surface area (Å²) >= 11 is 0. The van der Waals surface area contributed by atoms with E-state index in [9.17, 15) is 23.1 Å². The van der Waals surface area contributed by atoms with E-state index in [1.54, 1.807) is 24.3 Å². The number of aromatic hydroxyl groups is 1. The van der Waals surface area contributed by atoms with Crippen molar-refractivity contribution in [3.05, 3.63) is 29.8 Å². The molecular weight excluding hydrogens is 297 g/mol. The van der Waals surface area contributed by atoms with Gasteiger partial charge in [-0.05, 0) is 12.5 Å². The van der Waals surface area contributed by atoms with E-state index in [2.05, 4.69) is 5.32 Å². The van der Waals surface area contributed by atoms with Crippen molar-refractivity contribution in [2.75, 3.05) is 13.1 Å². The van der Waals surface area contributed by atoms with Gasteiger partial charge in [-0.1, -0.05) is 25.1 Å². The van der Waals surface area contributed by atoms with Crippen molar-refractivity contribution in [1.29, 1.82) is 0 Å².